The highest BCUT2D eigenvalue weighted by atomic mass is 16.8. The molecule has 0 aromatic heterocycles. The van der Waals surface area contributed by atoms with Crippen LogP contribution in [0.4, 0.5) is 0 Å². The molecule has 2 aromatic carbocycles. The number of carbonyl (C=O) groups excluding carboxylic acids is 2. The second-order valence-electron chi connectivity index (χ2n) is 13.5. The number of benzene rings is 2. The zero-order valence-electron chi connectivity index (χ0n) is 30.1. The van der Waals surface area contributed by atoms with Crippen LogP contribution < -0.4 is 0 Å². The first-order chi connectivity index (χ1) is 26.5. The van der Waals surface area contributed by atoms with Gasteiger partial charge < -0.3 is 89.0 Å². The van der Waals surface area contributed by atoms with Gasteiger partial charge in [0.15, 0.2) is 54.1 Å². The van der Waals surface area contributed by atoms with E-state index in [0.717, 1.165) is 19.1 Å². The summed E-state index contributed by atoms with van der Waals surface area (Å²) in [6.07, 6.45) is -17.1. The molecule has 20 nitrogen and oxygen atoms in total. The van der Waals surface area contributed by atoms with Crippen LogP contribution in [0.1, 0.15) is 25.0 Å². The SMILES string of the molecule is CC(=O)O[C@H]1[C@H](OCCc2ccc(O)c(O)c2)O[C@H](CO[C@@H]2OC[C@](O)(CO)[C@H]2O)[C@@H](OC(=O)/C=C/c2ccc(O)c(O)c2)[C@@H]1O[C@@H]1O[C@@H](C)[C@H](O)[C@@H](O)[C@H]1O. The minimum Gasteiger partial charge on any atom is -0.504 e. The van der Waals surface area contributed by atoms with E-state index < -0.39 is 128 Å². The molecular formula is C36H46O20. The molecule has 3 aliphatic heterocycles. The number of carbonyl (C=O) groups is 2. The van der Waals surface area contributed by atoms with Gasteiger partial charge >= 0.3 is 11.9 Å². The predicted octanol–water partition coefficient (Wildman–Crippen LogP) is -1.98. The van der Waals surface area contributed by atoms with Gasteiger partial charge in [-0.25, -0.2) is 4.79 Å². The van der Waals surface area contributed by atoms with Crippen molar-refractivity contribution < 1.29 is 98.5 Å². The fraction of sp³-hybridized carbons (Fsp3) is 0.556. The molecule has 3 heterocycles. The molecule has 56 heavy (non-hydrogen) atoms. The van der Waals surface area contributed by atoms with Crippen molar-refractivity contribution in [3.05, 3.63) is 53.6 Å². The van der Waals surface area contributed by atoms with Gasteiger partial charge in [-0.3, -0.25) is 4.79 Å². The molecule has 3 saturated heterocycles. The molecule has 5 rings (SSSR count). The van der Waals surface area contributed by atoms with Crippen LogP contribution in [-0.2, 0) is 53.9 Å². The molecule has 0 bridgehead atoms. The summed E-state index contributed by atoms with van der Waals surface area (Å²) >= 11 is 0. The average Bonchev–Trinajstić information content (AvgIpc) is 3.45. The molecule has 20 heteroatoms. The quantitative estimate of drug-likeness (QED) is 0.0562. The number of phenolic OH excluding ortho intramolecular Hbond substituents is 4. The normalized spacial score (nSPS) is 34.7. The lowest BCUT2D eigenvalue weighted by Gasteiger charge is -2.47. The van der Waals surface area contributed by atoms with E-state index in [1.54, 1.807) is 0 Å². The van der Waals surface area contributed by atoms with Crippen molar-refractivity contribution in [2.45, 2.75) is 99.7 Å². The van der Waals surface area contributed by atoms with E-state index in [1.807, 2.05) is 0 Å². The van der Waals surface area contributed by atoms with E-state index in [9.17, 15) is 60.7 Å². The van der Waals surface area contributed by atoms with Crippen LogP contribution in [-0.4, -0.2) is 169 Å². The number of aromatic hydroxyl groups is 4. The Labute approximate surface area is 319 Å². The van der Waals surface area contributed by atoms with Gasteiger partial charge in [-0.2, -0.15) is 0 Å². The number of esters is 2. The van der Waals surface area contributed by atoms with E-state index in [4.69, 9.17) is 37.9 Å². The zero-order valence-corrected chi connectivity index (χ0v) is 30.1. The summed E-state index contributed by atoms with van der Waals surface area (Å²) in [4.78, 5) is 26.0. The van der Waals surface area contributed by atoms with Crippen LogP contribution in [0.5, 0.6) is 23.0 Å². The lowest BCUT2D eigenvalue weighted by molar-refractivity contribution is -0.360. The Hall–Kier alpha value is -4.16. The molecule has 0 radical (unpaired) electrons. The molecule has 310 valence electrons. The van der Waals surface area contributed by atoms with Crippen molar-refractivity contribution in [1.29, 1.82) is 0 Å². The molecule has 13 atom stereocenters. The van der Waals surface area contributed by atoms with Crippen LogP contribution in [0.25, 0.3) is 6.08 Å². The van der Waals surface area contributed by atoms with Crippen molar-refractivity contribution in [1.82, 2.24) is 0 Å². The molecule has 10 N–H and O–H groups in total. The highest BCUT2D eigenvalue weighted by molar-refractivity contribution is 5.87. The van der Waals surface area contributed by atoms with Gasteiger partial charge in [0.1, 0.15) is 42.2 Å². The third-order valence-corrected chi connectivity index (χ3v) is 9.37. The number of hydrogen-bond acceptors (Lipinski definition) is 20. The first-order valence-corrected chi connectivity index (χ1v) is 17.5. The fourth-order valence-corrected chi connectivity index (χ4v) is 6.17. The first kappa shape index (κ1) is 43.0. The van der Waals surface area contributed by atoms with E-state index in [1.165, 1.54) is 43.3 Å². The molecule has 0 amide bonds. The molecule has 2 aromatic rings. The van der Waals surface area contributed by atoms with Crippen molar-refractivity contribution in [2.75, 3.05) is 26.4 Å². The topological polar surface area (TPSA) is 310 Å². The van der Waals surface area contributed by atoms with Crippen molar-refractivity contribution >= 4 is 18.0 Å². The minimum atomic E-state index is -2.08. The monoisotopic (exact) mass is 798 g/mol. The Kier molecular flexibility index (Phi) is 14.1. The second kappa shape index (κ2) is 18.4. The van der Waals surface area contributed by atoms with Crippen LogP contribution in [0.2, 0.25) is 0 Å². The lowest BCUT2D eigenvalue weighted by atomic mass is 9.96. The van der Waals surface area contributed by atoms with Gasteiger partial charge in [0.05, 0.1) is 32.5 Å². The standard InChI is InChI=1S/C36H46O20/c1-16-26(44)27(45)28(46)33(52-16)56-30-29(55-25(43)8-5-18-3-6-20(39)22(41)11-18)24(13-50-35-32(47)36(48,14-37)15-51-35)54-34(31(30)53-17(2)38)49-10-9-19-4-7-21(40)23(42)12-19/h3-8,11-12,16,24,26-35,37,39-42,44-48H,9-10,13-15H2,1-2H3/b8-5+/t16-,24+,26-,27+,28+,29+,30-,31+,32-,33-,34+,35+,36+/m0/s1. The Bertz CT molecular complexity index is 1690. The molecule has 0 unspecified atom stereocenters. The maximum Gasteiger partial charge on any atom is 0.331 e. The Morgan fingerprint density at radius 2 is 1.52 bits per heavy atom. The average molecular weight is 799 g/mol. The molecule has 3 aliphatic rings. The fourth-order valence-electron chi connectivity index (χ4n) is 6.17. The van der Waals surface area contributed by atoms with Crippen molar-refractivity contribution in [2.24, 2.45) is 0 Å². The molecule has 3 fully saturated rings. The van der Waals surface area contributed by atoms with E-state index >= 15 is 0 Å². The highest BCUT2D eigenvalue weighted by Gasteiger charge is 2.55. The van der Waals surface area contributed by atoms with Crippen LogP contribution >= 0.6 is 0 Å². The summed E-state index contributed by atoms with van der Waals surface area (Å²) in [5.74, 6) is -3.59. The minimum absolute atomic E-state index is 0.108. The van der Waals surface area contributed by atoms with Crippen molar-refractivity contribution in [3.8, 4) is 23.0 Å². The van der Waals surface area contributed by atoms with Gasteiger partial charge in [-0.05, 0) is 54.8 Å². The van der Waals surface area contributed by atoms with Gasteiger partial charge in [0.2, 0.25) is 0 Å². The summed E-state index contributed by atoms with van der Waals surface area (Å²) in [5, 5.41) is 102. The van der Waals surface area contributed by atoms with Crippen molar-refractivity contribution in [3.63, 3.8) is 0 Å². The smallest absolute Gasteiger partial charge is 0.331 e. The lowest BCUT2D eigenvalue weighted by Crippen LogP contribution is -2.66. The Morgan fingerprint density at radius 1 is 0.821 bits per heavy atom. The number of ether oxygens (including phenoxy) is 8. The largest absolute Gasteiger partial charge is 0.504 e. The zero-order chi connectivity index (χ0) is 40.9. The van der Waals surface area contributed by atoms with Crippen LogP contribution in [0.15, 0.2) is 42.5 Å². The van der Waals surface area contributed by atoms with Crippen LogP contribution in [0.3, 0.4) is 0 Å². The second-order valence-corrected chi connectivity index (χ2v) is 13.5. The van der Waals surface area contributed by atoms with E-state index in [-0.39, 0.29) is 24.3 Å². The van der Waals surface area contributed by atoms with Gasteiger partial charge in [0.25, 0.3) is 0 Å². The maximum absolute atomic E-state index is 13.4. The highest BCUT2D eigenvalue weighted by Crippen LogP contribution is 2.35. The van der Waals surface area contributed by atoms with Crippen LogP contribution in [0, 0.1) is 0 Å². The Balaban J connectivity index is 1.49. The van der Waals surface area contributed by atoms with Gasteiger partial charge in [-0.1, -0.05) is 12.1 Å². The van der Waals surface area contributed by atoms with E-state index in [2.05, 4.69) is 0 Å². The number of aliphatic hydroxyl groups excluding tert-OH is 5. The van der Waals surface area contributed by atoms with Gasteiger partial charge in [0, 0.05) is 13.0 Å². The summed E-state index contributed by atoms with van der Waals surface area (Å²) in [6.45, 7) is 0.237. The third-order valence-electron chi connectivity index (χ3n) is 9.37. The number of rotatable bonds is 14. The summed E-state index contributed by atoms with van der Waals surface area (Å²) < 4.78 is 46.4. The number of aliphatic hydroxyl groups is 6. The summed E-state index contributed by atoms with van der Waals surface area (Å²) in [5.41, 5.74) is -1.30. The molecule has 0 aliphatic carbocycles. The number of phenols is 4. The first-order valence-electron chi connectivity index (χ1n) is 17.5. The molecule has 0 saturated carbocycles. The predicted molar refractivity (Wildman–Crippen MR) is 183 cm³/mol. The maximum atomic E-state index is 13.4. The molecular weight excluding hydrogens is 752 g/mol. The third kappa shape index (κ3) is 10.0. The summed E-state index contributed by atoms with van der Waals surface area (Å²) in [6, 6.07) is 7.78. The Morgan fingerprint density at radius 3 is 2.16 bits per heavy atom. The summed E-state index contributed by atoms with van der Waals surface area (Å²) in [7, 11) is 0. The molecule has 0 spiro atoms. The number of hydrogen-bond donors (Lipinski definition) is 10. The van der Waals surface area contributed by atoms with Gasteiger partial charge in [-0.15, -0.1) is 0 Å². The van der Waals surface area contributed by atoms with E-state index in [0.29, 0.717) is 5.56 Å².